The number of unbranched alkanes of at least 4 members (excludes halogenated alkanes) is 7. The first-order chi connectivity index (χ1) is 36.5. The van der Waals surface area contributed by atoms with Gasteiger partial charge in [0.15, 0.2) is 0 Å². The molecule has 2 aromatic carbocycles. The second kappa shape index (κ2) is 27.7. The molecule has 2 aliphatic heterocycles. The van der Waals surface area contributed by atoms with Gasteiger partial charge in [-0.1, -0.05) is 114 Å². The molecular formula is C57H79ClN10O7S. The predicted octanol–water partition coefficient (Wildman–Crippen LogP) is 6.95. The van der Waals surface area contributed by atoms with Gasteiger partial charge in [-0.25, -0.2) is 15.0 Å². The molecule has 3 aliphatic rings. The highest BCUT2D eigenvalue weighted by Crippen LogP contribution is 2.43. The Morgan fingerprint density at radius 1 is 0.789 bits per heavy atom. The van der Waals surface area contributed by atoms with E-state index >= 15 is 0 Å². The fraction of sp³-hybridized carbons (Fsp3) is 0.579. The van der Waals surface area contributed by atoms with Gasteiger partial charge in [-0.15, -0.1) is 11.3 Å². The number of carbonyl (C=O) groups excluding carboxylic acids is 5. The van der Waals surface area contributed by atoms with Crippen molar-refractivity contribution in [1.82, 2.24) is 46.0 Å². The molecule has 2 saturated heterocycles. The van der Waals surface area contributed by atoms with Crippen molar-refractivity contribution in [2.75, 3.05) is 57.3 Å². The van der Waals surface area contributed by atoms with Gasteiger partial charge in [0.25, 0.3) is 0 Å². The van der Waals surface area contributed by atoms with Crippen LogP contribution in [-0.4, -0.2) is 135 Å². The van der Waals surface area contributed by atoms with E-state index in [2.05, 4.69) is 48.0 Å². The molecule has 1 aliphatic carbocycles. The van der Waals surface area contributed by atoms with Gasteiger partial charge in [0, 0.05) is 88.8 Å². The molecule has 5 amide bonds. The molecule has 19 heteroatoms. The fourth-order valence-corrected chi connectivity index (χ4v) is 11.5. The normalized spacial score (nSPS) is 19.3. The molecule has 2 fully saturated rings. The monoisotopic (exact) mass is 1080 g/mol. The molecule has 0 radical (unpaired) electrons. The number of hydrogen-bond donors (Lipinski definition) is 6. The zero-order valence-electron chi connectivity index (χ0n) is 45.0. The highest BCUT2D eigenvalue weighted by atomic mass is 35.5. The van der Waals surface area contributed by atoms with E-state index in [1.54, 1.807) is 23.5 Å². The molecule has 76 heavy (non-hydrogen) atoms. The maximum absolute atomic E-state index is 14.0. The summed E-state index contributed by atoms with van der Waals surface area (Å²) >= 11 is 7.79. The summed E-state index contributed by atoms with van der Waals surface area (Å²) in [5, 5.41) is 34.0. The average molecular weight is 1080 g/mol. The van der Waals surface area contributed by atoms with Gasteiger partial charge >= 0.3 is 0 Å². The quantitative estimate of drug-likeness (QED) is 0.0371. The van der Waals surface area contributed by atoms with Crippen LogP contribution in [0, 0.1) is 12.3 Å². The van der Waals surface area contributed by atoms with Crippen LogP contribution in [0.25, 0.3) is 10.4 Å². The van der Waals surface area contributed by atoms with Crippen LogP contribution in [0.3, 0.4) is 0 Å². The third-order valence-electron chi connectivity index (χ3n) is 15.0. The van der Waals surface area contributed by atoms with Gasteiger partial charge in [-0.3, -0.25) is 24.0 Å². The van der Waals surface area contributed by atoms with Crippen LogP contribution >= 0.6 is 22.9 Å². The molecule has 0 unspecified atom stereocenters. The number of piperazine rings is 1. The third-order valence-corrected chi connectivity index (χ3v) is 16.2. The molecule has 6 N–H and O–H groups in total. The van der Waals surface area contributed by atoms with Gasteiger partial charge in [0.2, 0.25) is 29.5 Å². The molecule has 0 saturated carbocycles. The Hall–Kier alpha value is -5.53. The number of nitrogens with zero attached hydrogens (tertiary/aromatic N) is 6. The number of rotatable bonds is 25. The first kappa shape index (κ1) is 58.2. The summed E-state index contributed by atoms with van der Waals surface area (Å²) in [5.74, 6) is -0.351. The molecule has 4 aromatic rings. The third kappa shape index (κ3) is 15.8. The highest BCUT2D eigenvalue weighted by molar-refractivity contribution is 7.13. The van der Waals surface area contributed by atoms with Gasteiger partial charge < -0.3 is 46.2 Å². The van der Waals surface area contributed by atoms with Gasteiger partial charge in [0.1, 0.15) is 24.2 Å². The lowest BCUT2D eigenvalue weighted by Crippen LogP contribution is -2.57. The number of halogens is 1. The standard InChI is InChI=1S/C57H79ClN10O7S/c1-37-30-46(70)50-49(37)53(63-35-62-50)66-26-28-67(29-27-66)55(74)44(40-19-21-42(58)22-20-40)33-59-25-23-47(71)60-24-13-11-9-7-6-8-10-12-14-48(72)65-52(57(3,4)5)56(75)68-34-43(69)31-45(68)54(73)61-32-39-15-17-41(18-16-39)51-38(2)64-36-76-51/h15-22,35-37,43-46,52,59,69-70H,6-14,23-34H2,1-5H3,(H,60,71)(H,61,73)(H,65,72)/t37-,43-,44-,45+,46-,52-/m1/s1. The van der Waals surface area contributed by atoms with Crippen molar-refractivity contribution in [1.29, 1.82) is 0 Å². The summed E-state index contributed by atoms with van der Waals surface area (Å²) in [6.45, 7) is 13.8. The number of aryl methyl sites for hydroxylation is 1. The Labute approximate surface area is 457 Å². The summed E-state index contributed by atoms with van der Waals surface area (Å²) in [6.07, 6.45) is 9.11. The summed E-state index contributed by atoms with van der Waals surface area (Å²) < 4.78 is 0. The number of amides is 5. The largest absolute Gasteiger partial charge is 0.391 e. The lowest BCUT2D eigenvalue weighted by Gasteiger charge is -2.38. The SMILES string of the molecule is Cc1ncsc1-c1ccc(CNC(=O)[C@@H]2C[C@@H](O)CN2C(=O)[C@@H](NC(=O)CCCCCCCCCCNC(=O)CCNC[C@@H](C(=O)N2CCN(c3ncnc4c3[C@H](C)C[C@H]4O)CC2)c2ccc(Cl)cc2)C(C)(C)C)cc1. The second-order valence-electron chi connectivity index (χ2n) is 21.9. The van der Waals surface area contributed by atoms with Crippen molar-refractivity contribution in [3.8, 4) is 10.4 Å². The molecule has 412 valence electrons. The van der Waals surface area contributed by atoms with Crippen LogP contribution in [0.4, 0.5) is 5.82 Å². The Balaban J connectivity index is 0.734. The summed E-state index contributed by atoms with van der Waals surface area (Å²) in [6, 6.07) is 13.6. The van der Waals surface area contributed by atoms with Crippen LogP contribution in [0.5, 0.6) is 0 Å². The van der Waals surface area contributed by atoms with E-state index in [4.69, 9.17) is 11.6 Å². The first-order valence-corrected chi connectivity index (χ1v) is 28.6. The Morgan fingerprint density at radius 2 is 1.47 bits per heavy atom. The van der Waals surface area contributed by atoms with Crippen LogP contribution in [-0.2, 0) is 30.5 Å². The number of carbonyl (C=O) groups is 5. The first-order valence-electron chi connectivity index (χ1n) is 27.3. The number of aliphatic hydroxyl groups excluding tert-OH is 2. The number of aromatic nitrogens is 3. The fourth-order valence-electron chi connectivity index (χ4n) is 10.6. The Bertz CT molecular complexity index is 2570. The van der Waals surface area contributed by atoms with Crippen LogP contribution in [0.15, 0.2) is 60.4 Å². The van der Waals surface area contributed by atoms with Crippen LogP contribution in [0.2, 0.25) is 5.02 Å². The van der Waals surface area contributed by atoms with E-state index in [9.17, 15) is 34.2 Å². The minimum Gasteiger partial charge on any atom is -0.391 e. The van der Waals surface area contributed by atoms with Crippen molar-refractivity contribution < 1.29 is 34.2 Å². The van der Waals surface area contributed by atoms with Crippen molar-refractivity contribution in [2.24, 2.45) is 5.41 Å². The number of aliphatic hydroxyl groups is 2. The van der Waals surface area contributed by atoms with Gasteiger partial charge in [0.05, 0.1) is 39.9 Å². The molecule has 7 rings (SSSR count). The van der Waals surface area contributed by atoms with Crippen molar-refractivity contribution in [3.05, 3.63) is 93.5 Å². The summed E-state index contributed by atoms with van der Waals surface area (Å²) in [7, 11) is 0. The van der Waals surface area contributed by atoms with E-state index in [1.807, 2.05) is 74.5 Å². The maximum atomic E-state index is 14.0. The smallest absolute Gasteiger partial charge is 0.246 e. The number of hydrogen-bond acceptors (Lipinski definition) is 13. The molecule has 0 spiro atoms. The van der Waals surface area contributed by atoms with Gasteiger partial charge in [-0.05, 0) is 66.3 Å². The lowest BCUT2D eigenvalue weighted by atomic mass is 9.85. The molecular weight excluding hydrogens is 1000 g/mol. The van der Waals surface area contributed by atoms with Crippen LogP contribution < -0.4 is 26.2 Å². The van der Waals surface area contributed by atoms with E-state index in [0.717, 1.165) is 83.6 Å². The molecule has 4 heterocycles. The summed E-state index contributed by atoms with van der Waals surface area (Å²) in [5.41, 5.74) is 6.71. The van der Waals surface area contributed by atoms with Crippen molar-refractivity contribution in [3.63, 3.8) is 0 Å². The second-order valence-corrected chi connectivity index (χ2v) is 23.2. The molecule has 0 bridgehead atoms. The van der Waals surface area contributed by atoms with Crippen molar-refractivity contribution in [2.45, 2.75) is 154 Å². The average Bonchev–Trinajstić information content (AvgIpc) is 4.12. The number of anilines is 1. The molecule has 17 nitrogen and oxygen atoms in total. The number of benzene rings is 2. The van der Waals surface area contributed by atoms with Crippen molar-refractivity contribution >= 4 is 58.3 Å². The number of fused-ring (bicyclic) bond motifs is 1. The Kier molecular flexibility index (Phi) is 21.2. The minimum atomic E-state index is -0.861. The zero-order valence-corrected chi connectivity index (χ0v) is 46.6. The van der Waals surface area contributed by atoms with E-state index in [0.29, 0.717) is 82.2 Å². The number of nitrogens with one attached hydrogen (secondary N) is 4. The molecule has 2 aromatic heterocycles. The van der Waals surface area contributed by atoms with E-state index in [1.165, 1.54) is 11.2 Å². The van der Waals surface area contributed by atoms with Crippen LogP contribution in [0.1, 0.15) is 151 Å². The molecule has 6 atom stereocenters. The lowest BCUT2D eigenvalue weighted by molar-refractivity contribution is -0.144. The van der Waals surface area contributed by atoms with E-state index < -0.39 is 35.6 Å². The number of likely N-dealkylation sites (tertiary alicyclic amines) is 1. The Morgan fingerprint density at radius 3 is 2.14 bits per heavy atom. The van der Waals surface area contributed by atoms with E-state index in [-0.39, 0.29) is 55.0 Å². The summed E-state index contributed by atoms with van der Waals surface area (Å²) in [4.78, 5) is 87.4. The maximum Gasteiger partial charge on any atom is 0.246 e. The van der Waals surface area contributed by atoms with Gasteiger partial charge in [-0.2, -0.15) is 0 Å². The predicted molar refractivity (Wildman–Crippen MR) is 297 cm³/mol. The topological polar surface area (TPSA) is 222 Å². The number of thiazole rings is 1. The zero-order chi connectivity index (χ0) is 54.4. The minimum absolute atomic E-state index is 0.0232. The number of β-amino-alcohol motifs (C(OH)–C–C–N with tert-alkyl or cyclic N) is 1. The highest BCUT2D eigenvalue weighted by Gasteiger charge is 2.44.